The minimum Gasteiger partial charge on any atom is -0.297 e. The molecule has 0 aliphatic heterocycles. The highest BCUT2D eigenvalue weighted by Gasteiger charge is 2.28. The van der Waals surface area contributed by atoms with Gasteiger partial charge >= 0.3 is 0 Å². The van der Waals surface area contributed by atoms with E-state index in [1.807, 2.05) is 0 Å². The summed E-state index contributed by atoms with van der Waals surface area (Å²) in [4.78, 5) is 2.93. The highest BCUT2D eigenvalue weighted by atomic mass is 15.2. The molecular formula is C19H34N3+. The molecule has 2 aliphatic rings. The lowest BCUT2D eigenvalue weighted by molar-refractivity contribution is -0.671. The van der Waals surface area contributed by atoms with E-state index < -0.39 is 0 Å². The van der Waals surface area contributed by atoms with Gasteiger partial charge in [-0.15, -0.1) is 0 Å². The van der Waals surface area contributed by atoms with Gasteiger partial charge in [0.25, 0.3) is 0 Å². The lowest BCUT2D eigenvalue weighted by Gasteiger charge is -2.41. The summed E-state index contributed by atoms with van der Waals surface area (Å²) in [5, 5.41) is 0. The predicted octanol–water partition coefficient (Wildman–Crippen LogP) is 3.67. The molecule has 2 aliphatic carbocycles. The Bertz CT molecular complexity index is 410. The van der Waals surface area contributed by atoms with Crippen LogP contribution in [0, 0.1) is 0 Å². The first-order valence-corrected chi connectivity index (χ1v) is 9.60. The smallest absolute Gasteiger partial charge is 0.243 e. The number of hydrogen-bond acceptors (Lipinski definition) is 1. The summed E-state index contributed by atoms with van der Waals surface area (Å²) in [5.74, 6) is 0. The summed E-state index contributed by atoms with van der Waals surface area (Å²) < 4.78 is 4.47. The molecule has 0 spiro atoms. The molecule has 2 fully saturated rings. The molecule has 1 heterocycles. The average molecular weight is 305 g/mol. The summed E-state index contributed by atoms with van der Waals surface area (Å²) in [6.45, 7) is 2.47. The van der Waals surface area contributed by atoms with Gasteiger partial charge in [0.1, 0.15) is 12.4 Å². The number of imidazole rings is 1. The van der Waals surface area contributed by atoms with E-state index in [0.717, 1.165) is 18.6 Å². The molecule has 0 saturated heterocycles. The summed E-state index contributed by atoms with van der Waals surface area (Å²) in [7, 11) is 2.10. The van der Waals surface area contributed by atoms with E-state index in [1.54, 1.807) is 0 Å². The van der Waals surface area contributed by atoms with Gasteiger partial charge in [-0.05, 0) is 32.1 Å². The van der Waals surface area contributed by atoms with Crippen LogP contribution < -0.4 is 4.57 Å². The summed E-state index contributed by atoms with van der Waals surface area (Å²) in [5.41, 5.74) is 0. The Labute approximate surface area is 136 Å². The van der Waals surface area contributed by atoms with Crippen LogP contribution in [0.1, 0.15) is 70.6 Å². The standard InChI is InChI=1S/C19H34N3/c1-20-15-16-21(17-20)13-8-14-22(18-9-4-2-5-10-18)19-11-6-3-7-12-19/h15-19H,2-14H2,1H3/q+1. The second kappa shape index (κ2) is 8.14. The molecule has 0 aromatic carbocycles. The van der Waals surface area contributed by atoms with Crippen LogP contribution in [-0.4, -0.2) is 28.1 Å². The molecule has 1 aromatic rings. The molecule has 0 bridgehead atoms. The Morgan fingerprint density at radius 1 is 0.955 bits per heavy atom. The second-order valence-electron chi connectivity index (χ2n) is 7.49. The molecule has 0 unspecified atom stereocenters. The van der Waals surface area contributed by atoms with Gasteiger partial charge in [0.05, 0.1) is 13.6 Å². The van der Waals surface area contributed by atoms with E-state index in [2.05, 4.69) is 39.8 Å². The SMILES string of the molecule is C[n+]1ccn(CCCN(C2CCCCC2)C2CCCCC2)c1. The molecule has 1 aromatic heterocycles. The molecule has 0 amide bonds. The Morgan fingerprint density at radius 2 is 1.55 bits per heavy atom. The zero-order chi connectivity index (χ0) is 15.2. The molecule has 2 saturated carbocycles. The second-order valence-corrected chi connectivity index (χ2v) is 7.49. The Morgan fingerprint density at radius 3 is 2.05 bits per heavy atom. The molecule has 0 N–H and O–H groups in total. The van der Waals surface area contributed by atoms with Crippen LogP contribution in [0.2, 0.25) is 0 Å². The van der Waals surface area contributed by atoms with Crippen LogP contribution in [0.3, 0.4) is 0 Å². The van der Waals surface area contributed by atoms with E-state index in [0.29, 0.717) is 0 Å². The Hall–Kier alpha value is -0.830. The van der Waals surface area contributed by atoms with Crippen molar-refractivity contribution in [3.8, 4) is 0 Å². The monoisotopic (exact) mass is 304 g/mol. The molecule has 0 radical (unpaired) electrons. The van der Waals surface area contributed by atoms with Crippen molar-refractivity contribution in [1.82, 2.24) is 9.47 Å². The van der Waals surface area contributed by atoms with Gasteiger partial charge in [0.15, 0.2) is 0 Å². The third kappa shape index (κ3) is 4.34. The first-order valence-electron chi connectivity index (χ1n) is 9.60. The Kier molecular flexibility index (Phi) is 5.94. The zero-order valence-corrected chi connectivity index (χ0v) is 14.4. The first-order chi connectivity index (χ1) is 10.8. The van der Waals surface area contributed by atoms with Gasteiger partial charge in [0.2, 0.25) is 6.33 Å². The van der Waals surface area contributed by atoms with Crippen LogP contribution in [0.15, 0.2) is 18.7 Å². The van der Waals surface area contributed by atoms with Gasteiger partial charge in [-0.25, -0.2) is 9.13 Å². The zero-order valence-electron chi connectivity index (χ0n) is 14.4. The van der Waals surface area contributed by atoms with Crippen molar-refractivity contribution in [2.45, 2.75) is 89.3 Å². The van der Waals surface area contributed by atoms with E-state index in [4.69, 9.17) is 0 Å². The lowest BCUT2D eigenvalue weighted by Crippen LogP contribution is -2.45. The van der Waals surface area contributed by atoms with Crippen molar-refractivity contribution in [2.75, 3.05) is 6.54 Å². The molecule has 0 atom stereocenters. The summed E-state index contributed by atoms with van der Waals surface area (Å²) in [6.07, 6.45) is 22.4. The number of nitrogens with zero attached hydrogens (tertiary/aromatic N) is 3. The number of aryl methyl sites for hydroxylation is 2. The Balaban J connectivity index is 1.54. The summed E-state index contributed by atoms with van der Waals surface area (Å²) in [6, 6.07) is 1.77. The van der Waals surface area contributed by atoms with Gasteiger partial charge in [0, 0.05) is 18.6 Å². The van der Waals surface area contributed by atoms with Gasteiger partial charge in [-0.1, -0.05) is 38.5 Å². The highest BCUT2D eigenvalue weighted by Crippen LogP contribution is 2.30. The van der Waals surface area contributed by atoms with Crippen LogP contribution in [-0.2, 0) is 13.6 Å². The summed E-state index contributed by atoms with van der Waals surface area (Å²) >= 11 is 0. The van der Waals surface area contributed by atoms with Crippen LogP contribution >= 0.6 is 0 Å². The molecule has 22 heavy (non-hydrogen) atoms. The fourth-order valence-corrected chi connectivity index (χ4v) is 4.56. The van der Waals surface area contributed by atoms with E-state index in [9.17, 15) is 0 Å². The number of hydrogen-bond donors (Lipinski definition) is 0. The number of aromatic nitrogens is 2. The van der Waals surface area contributed by atoms with Crippen LogP contribution in [0.4, 0.5) is 0 Å². The lowest BCUT2D eigenvalue weighted by atomic mass is 9.88. The fraction of sp³-hybridized carbons (Fsp3) is 0.842. The molecule has 124 valence electrons. The minimum absolute atomic E-state index is 0.887. The normalized spacial score (nSPS) is 21.5. The van der Waals surface area contributed by atoms with E-state index in [-0.39, 0.29) is 0 Å². The largest absolute Gasteiger partial charge is 0.297 e. The maximum Gasteiger partial charge on any atom is 0.243 e. The molecular weight excluding hydrogens is 270 g/mol. The topological polar surface area (TPSA) is 12.0 Å². The fourth-order valence-electron chi connectivity index (χ4n) is 4.56. The van der Waals surface area contributed by atoms with E-state index in [1.165, 1.54) is 77.2 Å². The average Bonchev–Trinajstić information content (AvgIpc) is 2.99. The first kappa shape index (κ1) is 16.0. The van der Waals surface area contributed by atoms with Crippen molar-refractivity contribution in [1.29, 1.82) is 0 Å². The third-order valence-electron chi connectivity index (χ3n) is 5.74. The van der Waals surface area contributed by atoms with Crippen molar-refractivity contribution in [2.24, 2.45) is 7.05 Å². The minimum atomic E-state index is 0.887. The highest BCUT2D eigenvalue weighted by molar-refractivity contribution is 4.84. The quantitative estimate of drug-likeness (QED) is 0.730. The maximum absolute atomic E-state index is 2.93. The van der Waals surface area contributed by atoms with Gasteiger partial charge in [-0.2, -0.15) is 0 Å². The maximum atomic E-state index is 2.93. The van der Waals surface area contributed by atoms with Crippen LogP contribution in [0.5, 0.6) is 0 Å². The van der Waals surface area contributed by atoms with Gasteiger partial charge < -0.3 is 0 Å². The van der Waals surface area contributed by atoms with Crippen molar-refractivity contribution in [3.63, 3.8) is 0 Å². The van der Waals surface area contributed by atoms with E-state index >= 15 is 0 Å². The molecule has 3 heteroatoms. The van der Waals surface area contributed by atoms with Gasteiger partial charge in [-0.3, -0.25) is 4.90 Å². The van der Waals surface area contributed by atoms with Crippen molar-refractivity contribution in [3.05, 3.63) is 18.7 Å². The number of rotatable bonds is 6. The third-order valence-corrected chi connectivity index (χ3v) is 5.74. The molecule has 3 rings (SSSR count). The molecule has 3 nitrogen and oxygen atoms in total. The van der Waals surface area contributed by atoms with Crippen LogP contribution in [0.25, 0.3) is 0 Å². The van der Waals surface area contributed by atoms with Crippen molar-refractivity contribution < 1.29 is 4.57 Å². The van der Waals surface area contributed by atoms with Crippen molar-refractivity contribution >= 4 is 0 Å². The predicted molar refractivity (Wildman–Crippen MR) is 90.7 cm³/mol.